The van der Waals surface area contributed by atoms with Crippen LogP contribution in [0.1, 0.15) is 22.9 Å². The molecule has 2 aliphatic heterocycles. The number of likely N-dealkylation sites (N-methyl/N-ethyl adjacent to an activating group) is 1. The van der Waals surface area contributed by atoms with E-state index in [9.17, 15) is 14.7 Å². The second-order valence-corrected chi connectivity index (χ2v) is 7.75. The number of ketones is 1. The maximum absolute atomic E-state index is 13.1. The number of furan rings is 1. The maximum Gasteiger partial charge on any atom is 0.296 e. The Kier molecular flexibility index (Phi) is 4.89. The third kappa shape index (κ3) is 3.30. The smallest absolute Gasteiger partial charge is 0.296 e. The lowest BCUT2D eigenvalue weighted by molar-refractivity contribution is -0.140. The number of anilines is 1. The van der Waals surface area contributed by atoms with Crippen LogP contribution in [0.4, 0.5) is 5.69 Å². The summed E-state index contributed by atoms with van der Waals surface area (Å²) in [7, 11) is 1.93. The largest absolute Gasteiger partial charge is 0.507 e. The number of carbonyl (C=O) groups is 2. The van der Waals surface area contributed by atoms with Crippen LogP contribution in [0, 0.1) is 0 Å². The first-order chi connectivity index (χ1) is 15.5. The molecule has 0 bridgehead atoms. The zero-order valence-electron chi connectivity index (χ0n) is 17.4. The van der Waals surface area contributed by atoms with Gasteiger partial charge in [-0.3, -0.25) is 14.6 Å². The highest BCUT2D eigenvalue weighted by Gasteiger charge is 2.47. The number of aliphatic hydroxyl groups is 1. The number of benzene rings is 1. The molecule has 1 saturated heterocycles. The number of carbonyl (C=O) groups excluding carboxylic acids is 2. The molecule has 1 amide bonds. The first kappa shape index (κ1) is 19.9. The van der Waals surface area contributed by atoms with Gasteiger partial charge in [0.25, 0.3) is 11.7 Å². The van der Waals surface area contributed by atoms with E-state index >= 15 is 0 Å². The third-order valence-electron chi connectivity index (χ3n) is 5.78. The molecule has 1 N–H and O–H groups in total. The number of rotatable bonds is 4. The fraction of sp³-hybridized carbons (Fsp3) is 0.208. The van der Waals surface area contributed by atoms with Crippen LogP contribution in [0.2, 0.25) is 0 Å². The molecule has 1 fully saturated rings. The summed E-state index contributed by atoms with van der Waals surface area (Å²) in [5.74, 6) is -0.582. The van der Waals surface area contributed by atoms with Crippen molar-refractivity contribution in [2.45, 2.75) is 12.6 Å². The fourth-order valence-electron chi connectivity index (χ4n) is 4.12. The summed E-state index contributed by atoms with van der Waals surface area (Å²) in [5.41, 5.74) is 2.05. The minimum Gasteiger partial charge on any atom is -0.507 e. The van der Waals surface area contributed by atoms with Gasteiger partial charge >= 0.3 is 0 Å². The van der Waals surface area contributed by atoms with Crippen LogP contribution < -0.4 is 9.64 Å². The molecular formula is C24H21N3O5. The molecule has 1 atom stereocenters. The maximum atomic E-state index is 13.1. The van der Waals surface area contributed by atoms with Gasteiger partial charge in [-0.1, -0.05) is 0 Å². The molecular weight excluding hydrogens is 410 g/mol. The minimum atomic E-state index is -0.844. The number of fused-ring (bicyclic) bond motifs is 1. The SMILES string of the molecule is CN1CCOc2ccc(/C(O)=C3/C(=O)C(=O)N(Cc4ccncc4)C3c3ccco3)cc21. The number of Topliss-reactive ketones (excluding diaryl/α,β-unsaturated/α-hetero) is 1. The molecule has 32 heavy (non-hydrogen) atoms. The second kappa shape index (κ2) is 7.88. The van der Waals surface area contributed by atoms with Crippen molar-refractivity contribution in [1.82, 2.24) is 9.88 Å². The molecule has 162 valence electrons. The van der Waals surface area contributed by atoms with E-state index in [2.05, 4.69) is 4.98 Å². The summed E-state index contributed by atoms with van der Waals surface area (Å²) in [5, 5.41) is 11.2. The monoisotopic (exact) mass is 431 g/mol. The normalized spacial score (nSPS) is 19.7. The third-order valence-corrected chi connectivity index (χ3v) is 5.78. The van der Waals surface area contributed by atoms with E-state index in [1.54, 1.807) is 54.9 Å². The summed E-state index contributed by atoms with van der Waals surface area (Å²) in [6.45, 7) is 1.46. The molecule has 2 aliphatic rings. The molecule has 1 aromatic carbocycles. The summed E-state index contributed by atoms with van der Waals surface area (Å²) >= 11 is 0. The predicted molar refractivity (Wildman–Crippen MR) is 116 cm³/mol. The first-order valence-corrected chi connectivity index (χ1v) is 10.2. The summed E-state index contributed by atoms with van der Waals surface area (Å²) in [4.78, 5) is 33.5. The molecule has 0 spiro atoms. The van der Waals surface area contributed by atoms with Gasteiger partial charge in [0, 0.05) is 31.5 Å². The molecule has 0 saturated carbocycles. The number of amides is 1. The van der Waals surface area contributed by atoms with E-state index in [0.29, 0.717) is 30.2 Å². The molecule has 0 aliphatic carbocycles. The van der Waals surface area contributed by atoms with Crippen LogP contribution in [0.25, 0.3) is 5.76 Å². The topological polar surface area (TPSA) is 96.1 Å². The van der Waals surface area contributed by atoms with Gasteiger partial charge < -0.3 is 24.1 Å². The van der Waals surface area contributed by atoms with Crippen LogP contribution in [0.15, 0.2) is 71.1 Å². The highest BCUT2D eigenvalue weighted by atomic mass is 16.5. The highest BCUT2D eigenvalue weighted by molar-refractivity contribution is 6.46. The Hall–Kier alpha value is -4.07. The molecule has 3 aromatic rings. The van der Waals surface area contributed by atoms with E-state index in [0.717, 1.165) is 11.3 Å². The number of pyridine rings is 1. The van der Waals surface area contributed by atoms with Crippen LogP contribution >= 0.6 is 0 Å². The van der Waals surface area contributed by atoms with Gasteiger partial charge in [0.2, 0.25) is 0 Å². The van der Waals surface area contributed by atoms with Crippen LogP contribution in [-0.4, -0.2) is 46.9 Å². The first-order valence-electron chi connectivity index (χ1n) is 10.2. The number of hydrogen-bond acceptors (Lipinski definition) is 7. The van der Waals surface area contributed by atoms with Crippen LogP contribution in [0.5, 0.6) is 5.75 Å². The number of ether oxygens (including phenoxy) is 1. The molecule has 4 heterocycles. The zero-order valence-corrected chi connectivity index (χ0v) is 17.4. The average molecular weight is 431 g/mol. The zero-order chi connectivity index (χ0) is 22.2. The quantitative estimate of drug-likeness (QED) is 0.385. The molecule has 5 rings (SSSR count). The Morgan fingerprint density at radius 3 is 2.75 bits per heavy atom. The van der Waals surface area contributed by atoms with Crippen LogP contribution in [0.3, 0.4) is 0 Å². The van der Waals surface area contributed by atoms with Crippen molar-refractivity contribution in [1.29, 1.82) is 0 Å². The number of nitrogens with zero attached hydrogens (tertiary/aromatic N) is 3. The van der Waals surface area contributed by atoms with Crippen molar-refractivity contribution in [2.75, 3.05) is 25.1 Å². The van der Waals surface area contributed by atoms with Gasteiger partial charge in [-0.15, -0.1) is 0 Å². The molecule has 8 heteroatoms. The number of aromatic nitrogens is 1. The number of aliphatic hydroxyl groups excluding tert-OH is 1. The van der Waals surface area contributed by atoms with Gasteiger partial charge in [-0.2, -0.15) is 0 Å². The predicted octanol–water partition coefficient (Wildman–Crippen LogP) is 3.13. The Morgan fingerprint density at radius 1 is 1.19 bits per heavy atom. The average Bonchev–Trinajstić information content (AvgIpc) is 3.42. The van der Waals surface area contributed by atoms with Crippen molar-refractivity contribution in [3.8, 4) is 5.75 Å². The van der Waals surface area contributed by atoms with E-state index < -0.39 is 17.7 Å². The minimum absolute atomic E-state index is 0.00154. The molecule has 0 radical (unpaired) electrons. The van der Waals surface area contributed by atoms with Crippen molar-refractivity contribution in [3.05, 3.63) is 83.6 Å². The summed E-state index contributed by atoms with van der Waals surface area (Å²) in [6.07, 6.45) is 4.73. The Bertz CT molecular complexity index is 1200. The van der Waals surface area contributed by atoms with E-state index in [1.807, 2.05) is 11.9 Å². The van der Waals surface area contributed by atoms with Crippen molar-refractivity contribution < 1.29 is 23.8 Å². The van der Waals surface area contributed by atoms with Crippen LogP contribution in [-0.2, 0) is 16.1 Å². The molecule has 1 unspecified atom stereocenters. The number of hydrogen-bond donors (Lipinski definition) is 1. The van der Waals surface area contributed by atoms with E-state index in [1.165, 1.54) is 11.2 Å². The standard InChI is InChI=1S/C24H21N3O5/c1-26-10-12-32-18-5-4-16(13-17(18)26)22(28)20-21(19-3-2-11-31-19)27(24(30)23(20)29)14-15-6-8-25-9-7-15/h2-9,11,13,21,28H,10,12,14H2,1H3/b22-20-. The van der Waals surface area contributed by atoms with Gasteiger partial charge in [0.05, 0.1) is 24.1 Å². The second-order valence-electron chi connectivity index (χ2n) is 7.75. The summed E-state index contributed by atoms with van der Waals surface area (Å²) < 4.78 is 11.2. The Morgan fingerprint density at radius 2 is 2.00 bits per heavy atom. The van der Waals surface area contributed by atoms with Crippen molar-refractivity contribution in [3.63, 3.8) is 0 Å². The fourth-order valence-corrected chi connectivity index (χ4v) is 4.12. The summed E-state index contributed by atoms with van der Waals surface area (Å²) in [6, 6.07) is 11.3. The molecule has 8 nitrogen and oxygen atoms in total. The van der Waals surface area contributed by atoms with Crippen molar-refractivity contribution in [2.24, 2.45) is 0 Å². The van der Waals surface area contributed by atoms with Gasteiger partial charge in [0.1, 0.15) is 29.9 Å². The van der Waals surface area contributed by atoms with Gasteiger partial charge in [-0.05, 0) is 48.0 Å². The van der Waals surface area contributed by atoms with E-state index in [4.69, 9.17) is 9.15 Å². The van der Waals surface area contributed by atoms with Crippen molar-refractivity contribution >= 4 is 23.1 Å². The Balaban J connectivity index is 1.61. The lowest BCUT2D eigenvalue weighted by Crippen LogP contribution is -2.29. The lowest BCUT2D eigenvalue weighted by atomic mass is 9.98. The van der Waals surface area contributed by atoms with Gasteiger partial charge in [0.15, 0.2) is 0 Å². The molecule has 2 aromatic heterocycles. The Labute approximate surface area is 184 Å². The highest BCUT2D eigenvalue weighted by Crippen LogP contribution is 2.41. The van der Waals surface area contributed by atoms with E-state index in [-0.39, 0.29) is 17.9 Å². The lowest BCUT2D eigenvalue weighted by Gasteiger charge is -2.28. The number of likely N-dealkylation sites (tertiary alicyclic amines) is 1. The van der Waals surface area contributed by atoms with Gasteiger partial charge in [-0.25, -0.2) is 0 Å².